The number of aromatic hydroxyl groups is 1. The lowest BCUT2D eigenvalue weighted by atomic mass is 9.83. The zero-order chi connectivity index (χ0) is 24.8. The van der Waals surface area contributed by atoms with Gasteiger partial charge in [-0.1, -0.05) is 26.0 Å². The lowest BCUT2D eigenvalue weighted by Crippen LogP contribution is -2.28. The van der Waals surface area contributed by atoms with Crippen LogP contribution < -0.4 is 0 Å². The number of hydrogen-bond acceptors (Lipinski definition) is 3. The van der Waals surface area contributed by atoms with E-state index in [1.54, 1.807) is 30.5 Å². The summed E-state index contributed by atoms with van der Waals surface area (Å²) in [5.74, 6) is -4.50. The van der Waals surface area contributed by atoms with Gasteiger partial charge in [0.25, 0.3) is 0 Å². The molecule has 3 aromatic carbocycles. The first-order valence-corrected chi connectivity index (χ1v) is 10.4. The molecule has 0 unspecified atom stereocenters. The van der Waals surface area contributed by atoms with Crippen molar-refractivity contribution in [2.45, 2.75) is 19.3 Å². The van der Waals surface area contributed by atoms with Gasteiger partial charge in [-0.2, -0.15) is 0 Å². The summed E-state index contributed by atoms with van der Waals surface area (Å²) in [5, 5.41) is 20.9. The Labute approximate surface area is 193 Å². The Hall–Kier alpha value is -3.78. The molecule has 0 aliphatic rings. The van der Waals surface area contributed by atoms with Gasteiger partial charge in [0.15, 0.2) is 11.6 Å². The number of benzene rings is 3. The fourth-order valence-corrected chi connectivity index (χ4v) is 4.48. The van der Waals surface area contributed by atoms with E-state index in [-0.39, 0.29) is 40.1 Å². The van der Waals surface area contributed by atoms with E-state index in [0.29, 0.717) is 11.2 Å². The van der Waals surface area contributed by atoms with E-state index in [0.717, 1.165) is 18.2 Å². The lowest BCUT2D eigenvalue weighted by molar-refractivity contribution is 0.0697. The summed E-state index contributed by atoms with van der Waals surface area (Å²) in [6, 6.07) is 11.6. The molecule has 0 atom stereocenters. The summed E-state index contributed by atoms with van der Waals surface area (Å²) in [6.45, 7) is 3.71. The third-order valence-corrected chi connectivity index (χ3v) is 5.77. The summed E-state index contributed by atoms with van der Waals surface area (Å²) in [7, 11) is 1.48. The second-order valence-corrected chi connectivity index (χ2v) is 8.61. The number of ether oxygens (including phenoxy) is 1. The molecule has 0 amide bonds. The van der Waals surface area contributed by atoms with Crippen LogP contribution >= 0.6 is 0 Å². The number of halogens is 3. The van der Waals surface area contributed by atoms with Crippen molar-refractivity contribution in [3.05, 3.63) is 83.3 Å². The molecule has 34 heavy (non-hydrogen) atoms. The number of methoxy groups -OCH3 is 1. The molecule has 1 heterocycles. The molecule has 0 radical (unpaired) electrons. The van der Waals surface area contributed by atoms with Gasteiger partial charge in [-0.15, -0.1) is 0 Å². The second kappa shape index (κ2) is 8.53. The monoisotopic (exact) mass is 469 g/mol. The Morgan fingerprint density at radius 1 is 0.971 bits per heavy atom. The molecular weight excluding hydrogens is 447 g/mol. The molecule has 8 heteroatoms. The number of fused-ring (bicyclic) bond motifs is 1. The molecule has 0 aliphatic heterocycles. The van der Waals surface area contributed by atoms with Gasteiger partial charge in [-0.05, 0) is 36.4 Å². The van der Waals surface area contributed by atoms with Crippen molar-refractivity contribution in [2.75, 3.05) is 13.7 Å². The highest BCUT2D eigenvalue weighted by Gasteiger charge is 2.35. The number of hydrogen-bond donors (Lipinski definition) is 2. The molecule has 5 nitrogen and oxygen atoms in total. The molecule has 2 N–H and O–H groups in total. The summed E-state index contributed by atoms with van der Waals surface area (Å²) < 4.78 is 50.4. The van der Waals surface area contributed by atoms with Crippen molar-refractivity contribution in [2.24, 2.45) is 0 Å². The van der Waals surface area contributed by atoms with E-state index >= 15 is 4.39 Å². The maximum Gasteiger partial charge on any atom is 0.336 e. The Kier molecular flexibility index (Phi) is 5.87. The number of carboxylic acids is 1. The van der Waals surface area contributed by atoms with E-state index in [2.05, 4.69) is 0 Å². The van der Waals surface area contributed by atoms with Crippen LogP contribution in [0, 0.1) is 17.5 Å². The van der Waals surface area contributed by atoms with Crippen LogP contribution in [0.4, 0.5) is 13.2 Å². The number of phenols is 1. The van der Waals surface area contributed by atoms with E-state index in [9.17, 15) is 23.8 Å². The van der Waals surface area contributed by atoms with Crippen molar-refractivity contribution in [1.82, 2.24) is 4.57 Å². The molecule has 0 spiro atoms. The number of carbonyl (C=O) groups is 1. The molecule has 4 aromatic rings. The first-order valence-electron chi connectivity index (χ1n) is 10.4. The molecule has 0 saturated heterocycles. The van der Waals surface area contributed by atoms with Crippen molar-refractivity contribution < 1.29 is 32.9 Å². The number of phenolic OH excluding ortho intramolecular Hbond substituents is 1. The van der Waals surface area contributed by atoms with Crippen LogP contribution in [0.5, 0.6) is 5.75 Å². The zero-order valence-electron chi connectivity index (χ0n) is 18.7. The largest absolute Gasteiger partial charge is 0.507 e. The van der Waals surface area contributed by atoms with Crippen molar-refractivity contribution in [1.29, 1.82) is 0 Å². The predicted molar refractivity (Wildman–Crippen MR) is 122 cm³/mol. The van der Waals surface area contributed by atoms with E-state index in [1.165, 1.54) is 31.4 Å². The molecule has 4 rings (SSSR count). The normalized spacial score (nSPS) is 11.8. The molecular formula is C26H22F3NO4. The van der Waals surface area contributed by atoms with Crippen molar-refractivity contribution in [3.63, 3.8) is 0 Å². The number of aromatic nitrogens is 1. The fourth-order valence-electron chi connectivity index (χ4n) is 4.48. The van der Waals surface area contributed by atoms with Gasteiger partial charge in [0.2, 0.25) is 0 Å². The standard InChI is InChI=1S/C26H22F3NO4/c1-26(2,13-34-3)24-23(21-15(25(32)33)6-4-7-17(21)28)22-19(8-5-9-20(22)31)30(24)14-10-11-16(27)18(29)12-14/h4-12,31H,13H2,1-3H3,(H,32,33). The third-order valence-electron chi connectivity index (χ3n) is 5.77. The number of carboxylic acid groups (broad SMARTS) is 1. The van der Waals surface area contributed by atoms with Crippen molar-refractivity contribution >= 4 is 16.9 Å². The lowest BCUT2D eigenvalue weighted by Gasteiger charge is -2.28. The van der Waals surface area contributed by atoms with E-state index in [4.69, 9.17) is 4.74 Å². The smallest absolute Gasteiger partial charge is 0.336 e. The Morgan fingerprint density at radius 3 is 2.32 bits per heavy atom. The van der Waals surface area contributed by atoms with Gasteiger partial charge in [-0.25, -0.2) is 18.0 Å². The number of nitrogens with zero attached hydrogens (tertiary/aromatic N) is 1. The van der Waals surface area contributed by atoms with Gasteiger partial charge in [0, 0.05) is 41.1 Å². The number of rotatable bonds is 6. The highest BCUT2D eigenvalue weighted by atomic mass is 19.2. The first-order chi connectivity index (χ1) is 16.1. The van der Waals surface area contributed by atoms with Gasteiger partial charge >= 0.3 is 5.97 Å². The van der Waals surface area contributed by atoms with Crippen LogP contribution in [-0.4, -0.2) is 34.5 Å². The number of aromatic carboxylic acids is 1. The second-order valence-electron chi connectivity index (χ2n) is 8.61. The van der Waals surface area contributed by atoms with Crippen LogP contribution in [0.2, 0.25) is 0 Å². The van der Waals surface area contributed by atoms with Crippen LogP contribution in [0.3, 0.4) is 0 Å². The minimum Gasteiger partial charge on any atom is -0.507 e. The third kappa shape index (κ3) is 3.70. The van der Waals surface area contributed by atoms with Gasteiger partial charge < -0.3 is 19.5 Å². The maximum absolute atomic E-state index is 15.3. The molecule has 0 fully saturated rings. The quantitative estimate of drug-likeness (QED) is 0.361. The molecule has 0 bridgehead atoms. The van der Waals surface area contributed by atoms with Crippen LogP contribution in [-0.2, 0) is 10.2 Å². The highest BCUT2D eigenvalue weighted by molar-refractivity contribution is 6.08. The first kappa shape index (κ1) is 23.4. The molecule has 1 aromatic heterocycles. The fraction of sp³-hybridized carbons (Fsp3) is 0.192. The van der Waals surface area contributed by atoms with E-state index in [1.807, 2.05) is 0 Å². The summed E-state index contributed by atoms with van der Waals surface area (Å²) in [6.07, 6.45) is 0. The van der Waals surface area contributed by atoms with Gasteiger partial charge in [0.1, 0.15) is 11.6 Å². The van der Waals surface area contributed by atoms with Crippen LogP contribution in [0.1, 0.15) is 29.9 Å². The average Bonchev–Trinajstić information content (AvgIpc) is 3.12. The maximum atomic E-state index is 15.3. The summed E-state index contributed by atoms with van der Waals surface area (Å²) in [5.41, 5.74) is -0.338. The average molecular weight is 469 g/mol. The Balaban J connectivity index is 2.29. The van der Waals surface area contributed by atoms with Crippen LogP contribution in [0.15, 0.2) is 54.6 Å². The molecule has 176 valence electrons. The Bertz CT molecular complexity index is 1430. The molecule has 0 saturated carbocycles. The summed E-state index contributed by atoms with van der Waals surface area (Å²) >= 11 is 0. The van der Waals surface area contributed by atoms with Gasteiger partial charge in [-0.3, -0.25) is 0 Å². The van der Waals surface area contributed by atoms with Crippen LogP contribution in [0.25, 0.3) is 27.7 Å². The minimum absolute atomic E-state index is 0.123. The Morgan fingerprint density at radius 2 is 1.68 bits per heavy atom. The molecule has 0 aliphatic carbocycles. The van der Waals surface area contributed by atoms with E-state index < -0.39 is 28.8 Å². The predicted octanol–water partition coefficient (Wildman–Crippen LogP) is 6.04. The van der Waals surface area contributed by atoms with Crippen molar-refractivity contribution in [3.8, 4) is 22.6 Å². The summed E-state index contributed by atoms with van der Waals surface area (Å²) in [4.78, 5) is 12.1. The highest BCUT2D eigenvalue weighted by Crippen LogP contribution is 2.47. The minimum atomic E-state index is -1.35. The van der Waals surface area contributed by atoms with Gasteiger partial charge in [0.05, 0.1) is 23.1 Å². The SMILES string of the molecule is COCC(C)(C)c1c(-c2c(F)cccc2C(=O)O)c2c(O)cccc2n1-c1ccc(F)c(F)c1. The topological polar surface area (TPSA) is 71.7 Å². The zero-order valence-corrected chi connectivity index (χ0v) is 18.7.